The van der Waals surface area contributed by atoms with Crippen LogP contribution in [0.15, 0.2) is 36.8 Å². The number of hydrogen-bond donors (Lipinski definition) is 2. The molecular weight excluding hydrogens is 216 g/mol. The highest BCUT2D eigenvalue weighted by atomic mass is 16.1. The van der Waals surface area contributed by atoms with E-state index in [9.17, 15) is 4.79 Å². The van der Waals surface area contributed by atoms with Crippen molar-refractivity contribution < 1.29 is 4.79 Å². The van der Waals surface area contributed by atoms with Crippen LogP contribution in [-0.4, -0.2) is 15.9 Å². The minimum Gasteiger partial charge on any atom is -0.384 e. The van der Waals surface area contributed by atoms with Gasteiger partial charge in [0.15, 0.2) is 0 Å². The van der Waals surface area contributed by atoms with Gasteiger partial charge in [-0.2, -0.15) is 0 Å². The number of anilines is 2. The molecule has 0 aliphatic heterocycles. The SMILES string of the molecule is Cc1cncc(NC(=O)c2ccnc(N)c2)c1. The first kappa shape index (κ1) is 11.1. The Morgan fingerprint density at radius 1 is 1.35 bits per heavy atom. The van der Waals surface area contributed by atoms with Gasteiger partial charge in [0.2, 0.25) is 0 Å². The van der Waals surface area contributed by atoms with E-state index in [1.165, 1.54) is 12.3 Å². The molecule has 0 unspecified atom stereocenters. The molecule has 2 aromatic heterocycles. The van der Waals surface area contributed by atoms with Gasteiger partial charge in [-0.05, 0) is 30.7 Å². The third-order valence-electron chi connectivity index (χ3n) is 2.18. The molecule has 0 aliphatic rings. The number of amides is 1. The highest BCUT2D eigenvalue weighted by Crippen LogP contribution is 2.10. The lowest BCUT2D eigenvalue weighted by Gasteiger charge is -2.05. The first-order valence-corrected chi connectivity index (χ1v) is 5.10. The van der Waals surface area contributed by atoms with E-state index in [4.69, 9.17) is 5.73 Å². The maximum atomic E-state index is 11.9. The van der Waals surface area contributed by atoms with Crippen molar-refractivity contribution in [2.24, 2.45) is 0 Å². The van der Waals surface area contributed by atoms with Gasteiger partial charge in [0.05, 0.1) is 11.9 Å². The van der Waals surface area contributed by atoms with Crippen LogP contribution in [0.2, 0.25) is 0 Å². The van der Waals surface area contributed by atoms with E-state index >= 15 is 0 Å². The van der Waals surface area contributed by atoms with E-state index in [0.717, 1.165) is 5.56 Å². The monoisotopic (exact) mass is 228 g/mol. The number of nitrogens with two attached hydrogens (primary N) is 1. The van der Waals surface area contributed by atoms with Gasteiger partial charge in [0, 0.05) is 18.0 Å². The molecule has 0 aromatic carbocycles. The third kappa shape index (κ3) is 2.78. The van der Waals surface area contributed by atoms with E-state index in [1.54, 1.807) is 18.5 Å². The fourth-order valence-electron chi connectivity index (χ4n) is 1.42. The van der Waals surface area contributed by atoms with Crippen LogP contribution in [-0.2, 0) is 0 Å². The number of hydrogen-bond acceptors (Lipinski definition) is 4. The molecule has 2 aromatic rings. The molecule has 0 saturated carbocycles. The molecule has 1 amide bonds. The summed E-state index contributed by atoms with van der Waals surface area (Å²) in [7, 11) is 0. The third-order valence-corrected chi connectivity index (χ3v) is 2.18. The van der Waals surface area contributed by atoms with E-state index in [2.05, 4.69) is 15.3 Å². The smallest absolute Gasteiger partial charge is 0.255 e. The molecular formula is C12H12N4O. The second-order valence-corrected chi connectivity index (χ2v) is 3.67. The largest absolute Gasteiger partial charge is 0.384 e. The lowest BCUT2D eigenvalue weighted by molar-refractivity contribution is 0.102. The number of nitrogens with one attached hydrogen (secondary N) is 1. The zero-order chi connectivity index (χ0) is 12.3. The Morgan fingerprint density at radius 2 is 2.18 bits per heavy atom. The molecule has 0 atom stereocenters. The second-order valence-electron chi connectivity index (χ2n) is 3.67. The summed E-state index contributed by atoms with van der Waals surface area (Å²) in [5.74, 6) is 0.0894. The van der Waals surface area contributed by atoms with Gasteiger partial charge in [0.25, 0.3) is 5.91 Å². The van der Waals surface area contributed by atoms with Gasteiger partial charge in [-0.3, -0.25) is 9.78 Å². The van der Waals surface area contributed by atoms with Gasteiger partial charge in [-0.15, -0.1) is 0 Å². The number of carbonyl (C=O) groups excluding carboxylic acids is 1. The maximum absolute atomic E-state index is 11.9. The van der Waals surface area contributed by atoms with Crippen molar-refractivity contribution in [3.63, 3.8) is 0 Å². The van der Waals surface area contributed by atoms with Gasteiger partial charge in [0.1, 0.15) is 5.82 Å². The number of rotatable bonds is 2. The summed E-state index contributed by atoms with van der Waals surface area (Å²) in [4.78, 5) is 19.7. The normalized spacial score (nSPS) is 9.94. The van der Waals surface area contributed by atoms with Crippen molar-refractivity contribution in [3.8, 4) is 0 Å². The predicted octanol–water partition coefficient (Wildman–Crippen LogP) is 1.62. The Labute approximate surface area is 98.7 Å². The quantitative estimate of drug-likeness (QED) is 0.818. The highest BCUT2D eigenvalue weighted by molar-refractivity contribution is 6.04. The van der Waals surface area contributed by atoms with Crippen LogP contribution in [0, 0.1) is 6.92 Å². The fourth-order valence-corrected chi connectivity index (χ4v) is 1.42. The molecule has 2 heterocycles. The van der Waals surface area contributed by atoms with Gasteiger partial charge < -0.3 is 11.1 Å². The van der Waals surface area contributed by atoms with Crippen LogP contribution >= 0.6 is 0 Å². The fraction of sp³-hybridized carbons (Fsp3) is 0.0833. The van der Waals surface area contributed by atoms with E-state index in [1.807, 2.05) is 13.0 Å². The summed E-state index contributed by atoms with van der Waals surface area (Å²) in [5.41, 5.74) is 7.62. The molecule has 86 valence electrons. The number of nitrogens with zero attached hydrogens (tertiary/aromatic N) is 2. The van der Waals surface area contributed by atoms with Crippen LogP contribution in [0.3, 0.4) is 0 Å². The summed E-state index contributed by atoms with van der Waals surface area (Å²) in [5, 5.41) is 2.74. The van der Waals surface area contributed by atoms with Crippen molar-refractivity contribution in [1.82, 2.24) is 9.97 Å². The number of aromatic nitrogens is 2. The predicted molar refractivity (Wildman–Crippen MR) is 65.6 cm³/mol. The molecule has 0 saturated heterocycles. The maximum Gasteiger partial charge on any atom is 0.255 e. The number of carbonyl (C=O) groups is 1. The van der Waals surface area contributed by atoms with Crippen molar-refractivity contribution in [2.45, 2.75) is 6.92 Å². The lowest BCUT2D eigenvalue weighted by Crippen LogP contribution is -2.12. The minimum atomic E-state index is -0.230. The van der Waals surface area contributed by atoms with Gasteiger partial charge >= 0.3 is 0 Å². The Bertz CT molecular complexity index is 554. The summed E-state index contributed by atoms with van der Waals surface area (Å²) >= 11 is 0. The van der Waals surface area contributed by atoms with Crippen molar-refractivity contribution in [1.29, 1.82) is 0 Å². The zero-order valence-electron chi connectivity index (χ0n) is 9.34. The standard InChI is InChI=1S/C12H12N4O/c1-8-4-10(7-14-6-8)16-12(17)9-2-3-15-11(13)5-9/h2-7H,1H3,(H2,13,15)(H,16,17). The Kier molecular flexibility index (Phi) is 3.00. The van der Waals surface area contributed by atoms with Crippen LogP contribution in [0.5, 0.6) is 0 Å². The summed E-state index contributed by atoms with van der Waals surface area (Å²) < 4.78 is 0. The molecule has 0 fully saturated rings. The lowest BCUT2D eigenvalue weighted by atomic mass is 10.2. The van der Waals surface area contributed by atoms with Gasteiger partial charge in [-0.25, -0.2) is 4.98 Å². The van der Waals surface area contributed by atoms with Crippen molar-refractivity contribution >= 4 is 17.4 Å². The highest BCUT2D eigenvalue weighted by Gasteiger charge is 2.06. The summed E-state index contributed by atoms with van der Waals surface area (Å²) in [6.45, 7) is 1.91. The number of nitrogen functional groups attached to an aromatic ring is 1. The van der Waals surface area contributed by atoms with E-state index in [0.29, 0.717) is 17.1 Å². The Morgan fingerprint density at radius 3 is 2.88 bits per heavy atom. The topological polar surface area (TPSA) is 80.9 Å². The molecule has 3 N–H and O–H groups in total. The van der Waals surface area contributed by atoms with Crippen molar-refractivity contribution in [3.05, 3.63) is 47.9 Å². The van der Waals surface area contributed by atoms with Crippen molar-refractivity contribution in [2.75, 3.05) is 11.1 Å². The van der Waals surface area contributed by atoms with Gasteiger partial charge in [-0.1, -0.05) is 0 Å². The van der Waals surface area contributed by atoms with E-state index in [-0.39, 0.29) is 5.91 Å². The van der Waals surface area contributed by atoms with E-state index < -0.39 is 0 Å². The molecule has 0 radical (unpaired) electrons. The Balaban J connectivity index is 2.17. The number of aryl methyl sites for hydroxylation is 1. The molecule has 0 bridgehead atoms. The van der Waals surface area contributed by atoms with Crippen LogP contribution in [0.4, 0.5) is 11.5 Å². The molecule has 0 spiro atoms. The zero-order valence-corrected chi connectivity index (χ0v) is 9.34. The first-order valence-electron chi connectivity index (χ1n) is 5.10. The molecule has 2 rings (SSSR count). The average Bonchev–Trinajstić information content (AvgIpc) is 2.29. The first-order chi connectivity index (χ1) is 8.15. The van der Waals surface area contributed by atoms with Crippen LogP contribution in [0.25, 0.3) is 0 Å². The average molecular weight is 228 g/mol. The molecule has 5 nitrogen and oxygen atoms in total. The van der Waals surface area contributed by atoms with Crippen LogP contribution < -0.4 is 11.1 Å². The molecule has 0 aliphatic carbocycles. The Hall–Kier alpha value is -2.43. The summed E-state index contributed by atoms with van der Waals surface area (Å²) in [6.07, 6.45) is 4.81. The minimum absolute atomic E-state index is 0.230. The summed E-state index contributed by atoms with van der Waals surface area (Å²) in [6, 6.07) is 4.98. The second kappa shape index (κ2) is 4.61. The molecule has 5 heteroatoms. The number of pyridine rings is 2. The molecule has 17 heavy (non-hydrogen) atoms. The van der Waals surface area contributed by atoms with Crippen LogP contribution in [0.1, 0.15) is 15.9 Å².